The van der Waals surface area contributed by atoms with Crippen LogP contribution in [0.2, 0.25) is 0 Å². The van der Waals surface area contributed by atoms with Gasteiger partial charge < -0.3 is 14.6 Å². The van der Waals surface area contributed by atoms with Crippen LogP contribution in [0, 0.1) is 0 Å². The SMILES string of the molecule is CCOCCC(C(=O)O)N(C)C(=O)OCC1c2ccccc2-c2ccccc21. The second-order valence-electron chi connectivity index (χ2n) is 6.75. The van der Waals surface area contributed by atoms with Gasteiger partial charge in [-0.3, -0.25) is 4.90 Å². The molecule has 1 N–H and O–H groups in total. The lowest BCUT2D eigenvalue weighted by Gasteiger charge is -2.25. The fraction of sp³-hybridized carbons (Fsp3) is 0.364. The minimum atomic E-state index is -1.07. The number of benzene rings is 2. The second kappa shape index (κ2) is 8.89. The van der Waals surface area contributed by atoms with Gasteiger partial charge in [-0.05, 0) is 29.2 Å². The molecule has 0 saturated heterocycles. The van der Waals surface area contributed by atoms with Crippen molar-refractivity contribution < 1.29 is 24.2 Å². The summed E-state index contributed by atoms with van der Waals surface area (Å²) in [5.41, 5.74) is 4.52. The van der Waals surface area contributed by atoms with Gasteiger partial charge in [0.2, 0.25) is 0 Å². The number of likely N-dealkylation sites (N-methyl/N-ethyl adjacent to an activating group) is 1. The third-order valence-corrected chi connectivity index (χ3v) is 5.12. The van der Waals surface area contributed by atoms with E-state index in [1.807, 2.05) is 43.3 Å². The Morgan fingerprint density at radius 2 is 1.64 bits per heavy atom. The van der Waals surface area contributed by atoms with Gasteiger partial charge in [0.1, 0.15) is 12.6 Å². The standard InChI is InChI=1S/C22H25NO5/c1-3-27-13-12-20(21(24)25)23(2)22(26)28-14-19-17-10-6-4-8-15(17)16-9-5-7-11-18(16)19/h4-11,19-20H,3,12-14H2,1-2H3,(H,24,25). The minimum absolute atomic E-state index is 0.0588. The van der Waals surface area contributed by atoms with Crippen LogP contribution < -0.4 is 0 Å². The van der Waals surface area contributed by atoms with Crippen LogP contribution in [0.3, 0.4) is 0 Å². The molecule has 28 heavy (non-hydrogen) atoms. The Bertz CT molecular complexity index is 805. The van der Waals surface area contributed by atoms with Gasteiger partial charge >= 0.3 is 12.1 Å². The largest absolute Gasteiger partial charge is 0.480 e. The van der Waals surface area contributed by atoms with Crippen molar-refractivity contribution in [3.8, 4) is 11.1 Å². The summed E-state index contributed by atoms with van der Waals surface area (Å²) in [6.45, 7) is 2.77. The predicted octanol–water partition coefficient (Wildman–Crippen LogP) is 3.75. The van der Waals surface area contributed by atoms with Crippen molar-refractivity contribution in [2.45, 2.75) is 25.3 Å². The van der Waals surface area contributed by atoms with Gasteiger partial charge in [-0.15, -0.1) is 0 Å². The lowest BCUT2D eigenvalue weighted by atomic mass is 9.98. The first kappa shape index (κ1) is 19.9. The first-order valence-corrected chi connectivity index (χ1v) is 9.43. The van der Waals surface area contributed by atoms with Crippen LogP contribution in [0.1, 0.15) is 30.4 Å². The normalized spacial score (nSPS) is 13.5. The molecular formula is C22H25NO5. The average molecular weight is 383 g/mol. The molecule has 1 unspecified atom stereocenters. The quantitative estimate of drug-likeness (QED) is 0.703. The van der Waals surface area contributed by atoms with Gasteiger partial charge in [0.25, 0.3) is 0 Å². The zero-order valence-corrected chi connectivity index (χ0v) is 16.1. The van der Waals surface area contributed by atoms with Gasteiger partial charge in [-0.2, -0.15) is 0 Å². The Labute approximate surface area is 164 Å². The number of hydrogen-bond donors (Lipinski definition) is 1. The van der Waals surface area contributed by atoms with E-state index in [4.69, 9.17) is 9.47 Å². The maximum Gasteiger partial charge on any atom is 0.410 e. The Morgan fingerprint density at radius 3 is 2.18 bits per heavy atom. The molecule has 1 atom stereocenters. The molecule has 0 spiro atoms. The highest BCUT2D eigenvalue weighted by molar-refractivity contribution is 5.81. The van der Waals surface area contributed by atoms with E-state index in [0.717, 1.165) is 27.2 Å². The number of carbonyl (C=O) groups is 2. The Balaban J connectivity index is 1.69. The highest BCUT2D eigenvalue weighted by Crippen LogP contribution is 2.44. The molecule has 148 valence electrons. The lowest BCUT2D eigenvalue weighted by molar-refractivity contribution is -0.143. The number of carboxylic acids is 1. The number of hydrogen-bond acceptors (Lipinski definition) is 4. The Morgan fingerprint density at radius 1 is 1.07 bits per heavy atom. The molecule has 0 aliphatic heterocycles. The maximum atomic E-state index is 12.5. The Kier molecular flexibility index (Phi) is 6.31. The van der Waals surface area contributed by atoms with E-state index in [-0.39, 0.29) is 25.6 Å². The van der Waals surface area contributed by atoms with Crippen molar-refractivity contribution in [2.24, 2.45) is 0 Å². The summed E-state index contributed by atoms with van der Waals surface area (Å²) < 4.78 is 10.7. The zero-order chi connectivity index (χ0) is 20.1. The van der Waals surface area contributed by atoms with Crippen molar-refractivity contribution in [1.29, 1.82) is 0 Å². The van der Waals surface area contributed by atoms with Gasteiger partial charge in [0.15, 0.2) is 0 Å². The smallest absolute Gasteiger partial charge is 0.410 e. The summed E-state index contributed by atoms with van der Waals surface area (Å²) in [4.78, 5) is 25.2. The number of ether oxygens (including phenoxy) is 2. The first-order chi connectivity index (χ1) is 13.5. The summed E-state index contributed by atoms with van der Waals surface area (Å²) in [5, 5.41) is 9.43. The Hall–Kier alpha value is -2.86. The van der Waals surface area contributed by atoms with E-state index < -0.39 is 18.1 Å². The number of nitrogens with zero attached hydrogens (tertiary/aromatic N) is 1. The van der Waals surface area contributed by atoms with Crippen molar-refractivity contribution in [3.63, 3.8) is 0 Å². The summed E-state index contributed by atoms with van der Waals surface area (Å²) >= 11 is 0. The van der Waals surface area contributed by atoms with Crippen molar-refractivity contribution in [3.05, 3.63) is 59.7 Å². The summed E-state index contributed by atoms with van der Waals surface area (Å²) in [6.07, 6.45) is -0.435. The summed E-state index contributed by atoms with van der Waals surface area (Å²) in [5.74, 6) is -1.13. The van der Waals surface area contributed by atoms with E-state index >= 15 is 0 Å². The van der Waals surface area contributed by atoms with E-state index in [0.29, 0.717) is 6.61 Å². The number of aliphatic carboxylic acids is 1. The second-order valence-corrected chi connectivity index (χ2v) is 6.75. The van der Waals surface area contributed by atoms with E-state index in [9.17, 15) is 14.7 Å². The van der Waals surface area contributed by atoms with Crippen LogP contribution in [-0.2, 0) is 14.3 Å². The fourth-order valence-electron chi connectivity index (χ4n) is 3.65. The molecule has 1 aliphatic rings. The van der Waals surface area contributed by atoms with Crippen molar-refractivity contribution in [1.82, 2.24) is 4.90 Å². The van der Waals surface area contributed by atoms with Gasteiger partial charge in [-0.1, -0.05) is 48.5 Å². The van der Waals surface area contributed by atoms with E-state index in [1.165, 1.54) is 7.05 Å². The number of fused-ring (bicyclic) bond motifs is 3. The molecule has 3 rings (SSSR count). The minimum Gasteiger partial charge on any atom is -0.480 e. The molecular weight excluding hydrogens is 358 g/mol. The van der Waals surface area contributed by atoms with Crippen LogP contribution in [-0.4, -0.2) is 55.0 Å². The monoisotopic (exact) mass is 383 g/mol. The predicted molar refractivity (Wildman–Crippen MR) is 105 cm³/mol. The average Bonchev–Trinajstić information content (AvgIpc) is 3.02. The van der Waals surface area contributed by atoms with E-state index in [1.54, 1.807) is 0 Å². The highest BCUT2D eigenvalue weighted by Gasteiger charge is 2.31. The van der Waals surface area contributed by atoms with Gasteiger partial charge in [-0.25, -0.2) is 9.59 Å². The number of amides is 1. The third kappa shape index (κ3) is 4.02. The van der Waals surface area contributed by atoms with Crippen molar-refractivity contribution in [2.75, 3.05) is 26.9 Å². The van der Waals surface area contributed by atoms with Gasteiger partial charge in [0, 0.05) is 32.6 Å². The van der Waals surface area contributed by atoms with Crippen LogP contribution in [0.25, 0.3) is 11.1 Å². The van der Waals surface area contributed by atoms with Crippen LogP contribution in [0.4, 0.5) is 4.79 Å². The zero-order valence-electron chi connectivity index (χ0n) is 16.1. The topological polar surface area (TPSA) is 76.1 Å². The summed E-state index contributed by atoms with van der Waals surface area (Å²) in [7, 11) is 1.45. The molecule has 0 saturated carbocycles. The highest BCUT2D eigenvalue weighted by atomic mass is 16.6. The van der Waals surface area contributed by atoms with Crippen LogP contribution in [0.5, 0.6) is 0 Å². The fourth-order valence-corrected chi connectivity index (χ4v) is 3.65. The van der Waals surface area contributed by atoms with Gasteiger partial charge in [0.05, 0.1) is 0 Å². The summed E-state index contributed by atoms with van der Waals surface area (Å²) in [6, 6.07) is 15.2. The molecule has 2 aromatic rings. The molecule has 6 nitrogen and oxygen atoms in total. The van der Waals surface area contributed by atoms with Crippen molar-refractivity contribution >= 4 is 12.1 Å². The van der Waals surface area contributed by atoms with E-state index in [2.05, 4.69) is 12.1 Å². The lowest BCUT2D eigenvalue weighted by Crippen LogP contribution is -2.43. The number of carbonyl (C=O) groups excluding carboxylic acids is 1. The molecule has 0 radical (unpaired) electrons. The molecule has 1 amide bonds. The number of carboxylic acid groups (broad SMARTS) is 1. The first-order valence-electron chi connectivity index (χ1n) is 9.43. The van der Waals surface area contributed by atoms with Crippen LogP contribution in [0.15, 0.2) is 48.5 Å². The third-order valence-electron chi connectivity index (χ3n) is 5.12. The molecule has 0 heterocycles. The number of rotatable bonds is 8. The molecule has 6 heteroatoms. The molecule has 0 aromatic heterocycles. The molecule has 2 aromatic carbocycles. The molecule has 0 bridgehead atoms. The maximum absolute atomic E-state index is 12.5. The van der Waals surface area contributed by atoms with Crippen LogP contribution >= 0.6 is 0 Å². The molecule has 0 fully saturated rings. The molecule has 1 aliphatic carbocycles.